The van der Waals surface area contributed by atoms with Crippen molar-refractivity contribution in [1.29, 1.82) is 0 Å². The van der Waals surface area contributed by atoms with E-state index in [2.05, 4.69) is 5.32 Å². The molecular formula is C12H25N3O3S. The lowest BCUT2D eigenvalue weighted by atomic mass is 10.1. The molecule has 1 fully saturated rings. The molecule has 3 N–H and O–H groups in total. The molecule has 0 spiro atoms. The predicted molar refractivity (Wildman–Crippen MR) is 75.1 cm³/mol. The van der Waals surface area contributed by atoms with Crippen LogP contribution in [0.5, 0.6) is 0 Å². The highest BCUT2D eigenvalue weighted by Gasteiger charge is 2.28. The Balaban J connectivity index is 2.41. The van der Waals surface area contributed by atoms with Gasteiger partial charge in [-0.05, 0) is 26.2 Å². The minimum atomic E-state index is -3.10. The quantitative estimate of drug-likeness (QED) is 0.723. The highest BCUT2D eigenvalue weighted by molar-refractivity contribution is 7.89. The number of nitrogens with two attached hydrogens (primary N) is 1. The molecule has 0 unspecified atom stereocenters. The maximum atomic E-state index is 11.8. The van der Waals surface area contributed by atoms with Crippen molar-refractivity contribution in [2.75, 3.05) is 18.8 Å². The molecule has 6 nitrogen and oxygen atoms in total. The van der Waals surface area contributed by atoms with E-state index in [4.69, 9.17) is 5.73 Å². The van der Waals surface area contributed by atoms with Gasteiger partial charge in [0.1, 0.15) is 0 Å². The number of carbonyl (C=O) groups excluding carboxylic acids is 1. The predicted octanol–water partition coefficient (Wildman–Crippen LogP) is 0.0441. The van der Waals surface area contributed by atoms with Crippen molar-refractivity contribution in [3.05, 3.63) is 0 Å². The molecule has 0 aliphatic carbocycles. The smallest absolute Gasteiger partial charge is 0.237 e. The van der Waals surface area contributed by atoms with Gasteiger partial charge in [-0.1, -0.05) is 13.3 Å². The zero-order chi connectivity index (χ0) is 14.5. The van der Waals surface area contributed by atoms with Crippen LogP contribution < -0.4 is 11.1 Å². The molecule has 0 radical (unpaired) electrons. The molecule has 1 aliphatic rings. The van der Waals surface area contributed by atoms with Gasteiger partial charge < -0.3 is 11.1 Å². The molecule has 19 heavy (non-hydrogen) atoms. The summed E-state index contributed by atoms with van der Waals surface area (Å²) in [6, 6.07) is -0.416. The first-order chi connectivity index (χ1) is 8.90. The van der Waals surface area contributed by atoms with Gasteiger partial charge in [0, 0.05) is 19.1 Å². The number of hydrogen-bond acceptors (Lipinski definition) is 4. The number of sulfonamides is 1. The van der Waals surface area contributed by atoms with Gasteiger partial charge in [-0.3, -0.25) is 4.79 Å². The lowest BCUT2D eigenvalue weighted by molar-refractivity contribution is -0.123. The molecule has 0 bridgehead atoms. The van der Waals surface area contributed by atoms with Gasteiger partial charge in [0.25, 0.3) is 0 Å². The minimum absolute atomic E-state index is 0.0405. The van der Waals surface area contributed by atoms with Gasteiger partial charge in [-0.25, -0.2) is 12.7 Å². The van der Waals surface area contributed by atoms with Crippen molar-refractivity contribution in [1.82, 2.24) is 9.62 Å². The third kappa shape index (κ3) is 4.74. The zero-order valence-corrected chi connectivity index (χ0v) is 12.6. The number of hydrogen-bond donors (Lipinski definition) is 2. The van der Waals surface area contributed by atoms with Gasteiger partial charge in [0.2, 0.25) is 15.9 Å². The van der Waals surface area contributed by atoms with Crippen LogP contribution in [0.4, 0.5) is 0 Å². The first-order valence-corrected chi connectivity index (χ1v) is 8.55. The standard InChI is InChI=1S/C12H25N3O3S/c1-3-5-11(13)12(16)14-10-6-8-15(9-7-10)19(17,18)4-2/h10-11H,3-9,13H2,1-2H3,(H,14,16)/t11-/m1/s1. The third-order valence-corrected chi connectivity index (χ3v) is 5.38. The largest absolute Gasteiger partial charge is 0.352 e. The monoisotopic (exact) mass is 291 g/mol. The normalized spacial score (nSPS) is 20.2. The van der Waals surface area contributed by atoms with Crippen LogP contribution in [0.15, 0.2) is 0 Å². The summed E-state index contributed by atoms with van der Waals surface area (Å²) in [5.74, 6) is 0.00411. The number of amides is 1. The molecule has 1 aliphatic heterocycles. The molecule has 1 heterocycles. The second-order valence-corrected chi connectivity index (χ2v) is 7.24. The number of nitrogens with one attached hydrogen (secondary N) is 1. The molecule has 1 atom stereocenters. The van der Waals surface area contributed by atoms with Crippen LogP contribution in [-0.4, -0.2) is 49.6 Å². The van der Waals surface area contributed by atoms with E-state index in [9.17, 15) is 13.2 Å². The number of piperidine rings is 1. The fraction of sp³-hybridized carbons (Fsp3) is 0.917. The molecule has 0 aromatic carbocycles. The maximum absolute atomic E-state index is 11.8. The fourth-order valence-corrected chi connectivity index (χ4v) is 3.34. The van der Waals surface area contributed by atoms with E-state index in [0.717, 1.165) is 6.42 Å². The van der Waals surface area contributed by atoms with E-state index in [1.165, 1.54) is 4.31 Å². The van der Waals surface area contributed by atoms with Gasteiger partial charge >= 0.3 is 0 Å². The Morgan fingerprint density at radius 1 is 1.37 bits per heavy atom. The van der Waals surface area contributed by atoms with Crippen LogP contribution in [0.2, 0.25) is 0 Å². The van der Waals surface area contributed by atoms with E-state index in [-0.39, 0.29) is 17.7 Å². The van der Waals surface area contributed by atoms with Gasteiger partial charge in [0.05, 0.1) is 11.8 Å². The minimum Gasteiger partial charge on any atom is -0.352 e. The van der Waals surface area contributed by atoms with Crippen LogP contribution in [0.3, 0.4) is 0 Å². The van der Waals surface area contributed by atoms with Gasteiger partial charge in [-0.2, -0.15) is 0 Å². The number of nitrogens with zero attached hydrogens (tertiary/aromatic N) is 1. The van der Waals surface area contributed by atoms with E-state index in [0.29, 0.717) is 32.4 Å². The zero-order valence-electron chi connectivity index (χ0n) is 11.8. The van der Waals surface area contributed by atoms with Crippen molar-refractivity contribution in [2.45, 2.75) is 51.6 Å². The Kier molecular flexibility index (Phi) is 6.22. The van der Waals surface area contributed by atoms with Crippen LogP contribution in [0.1, 0.15) is 39.5 Å². The maximum Gasteiger partial charge on any atom is 0.237 e. The average Bonchev–Trinajstić information content (AvgIpc) is 2.39. The molecule has 0 saturated carbocycles. The summed E-state index contributed by atoms with van der Waals surface area (Å²) in [5.41, 5.74) is 5.74. The second-order valence-electron chi connectivity index (χ2n) is 4.98. The SMILES string of the molecule is CCC[C@@H](N)C(=O)NC1CCN(S(=O)(=O)CC)CC1. The summed E-state index contributed by atoms with van der Waals surface area (Å²) >= 11 is 0. The Hall–Kier alpha value is -0.660. The number of rotatable bonds is 6. The lowest BCUT2D eigenvalue weighted by Gasteiger charge is -2.31. The summed E-state index contributed by atoms with van der Waals surface area (Å²) in [6.45, 7) is 4.59. The van der Waals surface area contributed by atoms with Crippen LogP contribution in [0.25, 0.3) is 0 Å². The molecule has 1 saturated heterocycles. The molecule has 1 amide bonds. The van der Waals surface area contributed by atoms with Crippen molar-refractivity contribution >= 4 is 15.9 Å². The average molecular weight is 291 g/mol. The van der Waals surface area contributed by atoms with Gasteiger partial charge in [-0.15, -0.1) is 0 Å². The molecule has 112 valence electrons. The Labute approximate surface area is 115 Å². The number of carbonyl (C=O) groups is 1. The van der Waals surface area contributed by atoms with E-state index in [1.54, 1.807) is 6.92 Å². The molecule has 0 aromatic rings. The summed E-state index contributed by atoms with van der Waals surface area (Å²) in [4.78, 5) is 11.8. The van der Waals surface area contributed by atoms with E-state index < -0.39 is 16.1 Å². The Bertz CT molecular complexity index is 389. The molecule has 0 aromatic heterocycles. The summed E-state index contributed by atoms with van der Waals surface area (Å²) < 4.78 is 24.9. The lowest BCUT2D eigenvalue weighted by Crippen LogP contribution is -2.50. The van der Waals surface area contributed by atoms with Crippen LogP contribution >= 0.6 is 0 Å². The van der Waals surface area contributed by atoms with Crippen molar-refractivity contribution in [2.24, 2.45) is 5.73 Å². The highest BCUT2D eigenvalue weighted by atomic mass is 32.2. The first kappa shape index (κ1) is 16.4. The van der Waals surface area contributed by atoms with E-state index in [1.807, 2.05) is 6.92 Å². The van der Waals surface area contributed by atoms with E-state index >= 15 is 0 Å². The summed E-state index contributed by atoms with van der Waals surface area (Å²) in [6.07, 6.45) is 2.87. The van der Waals surface area contributed by atoms with Gasteiger partial charge in [0.15, 0.2) is 0 Å². The molecule has 7 heteroatoms. The van der Waals surface area contributed by atoms with Crippen LogP contribution in [-0.2, 0) is 14.8 Å². The molecule has 1 rings (SSSR count). The third-order valence-electron chi connectivity index (χ3n) is 3.49. The Morgan fingerprint density at radius 2 is 1.95 bits per heavy atom. The van der Waals surface area contributed by atoms with Crippen molar-refractivity contribution in [3.8, 4) is 0 Å². The Morgan fingerprint density at radius 3 is 2.42 bits per heavy atom. The summed E-state index contributed by atoms with van der Waals surface area (Å²) in [5, 5.41) is 2.91. The highest BCUT2D eigenvalue weighted by Crippen LogP contribution is 2.14. The van der Waals surface area contributed by atoms with Crippen LogP contribution in [0, 0.1) is 0 Å². The topological polar surface area (TPSA) is 92.5 Å². The molecular weight excluding hydrogens is 266 g/mol. The van der Waals surface area contributed by atoms with Crippen molar-refractivity contribution in [3.63, 3.8) is 0 Å². The van der Waals surface area contributed by atoms with Crippen molar-refractivity contribution < 1.29 is 13.2 Å². The summed E-state index contributed by atoms with van der Waals surface area (Å²) in [7, 11) is -3.10. The fourth-order valence-electron chi connectivity index (χ4n) is 2.21. The first-order valence-electron chi connectivity index (χ1n) is 6.94. The second kappa shape index (κ2) is 7.21.